The number of sulfonamides is 1. The molecule has 5 nitrogen and oxygen atoms in total. The quantitative estimate of drug-likeness (QED) is 0.763. The van der Waals surface area contributed by atoms with Crippen LogP contribution in [0.1, 0.15) is 12.2 Å². The van der Waals surface area contributed by atoms with Crippen molar-refractivity contribution in [3.8, 4) is 0 Å². The fourth-order valence-electron chi connectivity index (χ4n) is 2.04. The van der Waals surface area contributed by atoms with Gasteiger partial charge >= 0.3 is 0 Å². The van der Waals surface area contributed by atoms with Gasteiger partial charge in [-0.25, -0.2) is 26.6 Å². The first-order valence-electron chi connectivity index (χ1n) is 6.41. The Hall–Kier alpha value is -2.55. The lowest BCUT2D eigenvalue weighted by molar-refractivity contribution is 0.142. The molecule has 3 rings (SSSR count). The molecule has 23 heavy (non-hydrogen) atoms. The number of aromatic nitrogens is 2. The van der Waals surface area contributed by atoms with Crippen molar-refractivity contribution in [2.45, 2.75) is 11.3 Å². The molecule has 0 amide bonds. The first-order valence-corrected chi connectivity index (χ1v) is 7.90. The van der Waals surface area contributed by atoms with Crippen molar-refractivity contribution in [1.29, 1.82) is 0 Å². The standard InChI is InChI=1S/C14H10F3N3O2S/c15-8-2-1-3-10(6-8)23(21,22)20-9-4-5-11-12(7-9)19-14(18-11)13(16)17/h1-7,13,20H,(H,18,19). The highest BCUT2D eigenvalue weighted by Crippen LogP contribution is 2.24. The number of alkyl halides is 2. The molecule has 0 bridgehead atoms. The molecule has 0 unspecified atom stereocenters. The van der Waals surface area contributed by atoms with E-state index in [0.717, 1.165) is 12.1 Å². The number of nitrogens with one attached hydrogen (secondary N) is 2. The van der Waals surface area contributed by atoms with Gasteiger partial charge in [0, 0.05) is 0 Å². The van der Waals surface area contributed by atoms with Crippen LogP contribution in [0.25, 0.3) is 11.0 Å². The fourth-order valence-corrected chi connectivity index (χ4v) is 3.12. The normalized spacial score (nSPS) is 12.0. The number of imidazole rings is 1. The van der Waals surface area contributed by atoms with E-state index in [-0.39, 0.29) is 21.6 Å². The summed E-state index contributed by atoms with van der Waals surface area (Å²) in [6, 6.07) is 8.65. The average molecular weight is 341 g/mol. The molecular formula is C14H10F3N3O2S. The molecule has 0 saturated carbocycles. The maximum atomic E-state index is 13.1. The van der Waals surface area contributed by atoms with Crippen molar-refractivity contribution in [3.63, 3.8) is 0 Å². The Morgan fingerprint density at radius 3 is 2.61 bits per heavy atom. The van der Waals surface area contributed by atoms with E-state index in [2.05, 4.69) is 14.7 Å². The van der Waals surface area contributed by atoms with Crippen molar-refractivity contribution in [3.05, 3.63) is 54.1 Å². The van der Waals surface area contributed by atoms with Crippen molar-refractivity contribution in [2.24, 2.45) is 0 Å². The van der Waals surface area contributed by atoms with Gasteiger partial charge in [0.15, 0.2) is 5.82 Å². The van der Waals surface area contributed by atoms with Gasteiger partial charge < -0.3 is 4.98 Å². The van der Waals surface area contributed by atoms with Crippen LogP contribution in [0.4, 0.5) is 18.9 Å². The number of nitrogens with zero attached hydrogens (tertiary/aromatic N) is 1. The van der Waals surface area contributed by atoms with Crippen LogP contribution in [0.15, 0.2) is 47.4 Å². The van der Waals surface area contributed by atoms with E-state index in [1.54, 1.807) is 0 Å². The largest absolute Gasteiger partial charge is 0.337 e. The fraction of sp³-hybridized carbons (Fsp3) is 0.0714. The molecule has 0 aliphatic rings. The molecule has 2 aromatic carbocycles. The SMILES string of the molecule is O=S(=O)(Nc1ccc2nc(C(F)F)[nH]c2c1)c1cccc(F)c1. The molecular weight excluding hydrogens is 331 g/mol. The highest BCUT2D eigenvalue weighted by Gasteiger charge is 2.16. The Morgan fingerprint density at radius 1 is 1.13 bits per heavy atom. The molecule has 9 heteroatoms. The zero-order valence-electron chi connectivity index (χ0n) is 11.4. The lowest BCUT2D eigenvalue weighted by atomic mass is 10.3. The lowest BCUT2D eigenvalue weighted by Gasteiger charge is -2.08. The van der Waals surface area contributed by atoms with Gasteiger partial charge in [-0.05, 0) is 36.4 Å². The number of fused-ring (bicyclic) bond motifs is 1. The van der Waals surface area contributed by atoms with Crippen molar-refractivity contribution in [2.75, 3.05) is 4.72 Å². The summed E-state index contributed by atoms with van der Waals surface area (Å²) in [5, 5.41) is 0. The van der Waals surface area contributed by atoms with Gasteiger partial charge in [-0.1, -0.05) is 6.07 Å². The number of hydrogen-bond acceptors (Lipinski definition) is 3. The van der Waals surface area contributed by atoms with Crippen molar-refractivity contribution in [1.82, 2.24) is 9.97 Å². The maximum absolute atomic E-state index is 13.1. The molecule has 2 N–H and O–H groups in total. The van der Waals surface area contributed by atoms with Crippen LogP contribution in [0, 0.1) is 5.82 Å². The smallest absolute Gasteiger partial charge is 0.295 e. The third kappa shape index (κ3) is 3.14. The van der Waals surface area contributed by atoms with Crippen LogP contribution in [0.5, 0.6) is 0 Å². The molecule has 0 spiro atoms. The number of benzene rings is 2. The number of H-pyrrole nitrogens is 1. The van der Waals surface area contributed by atoms with Crippen LogP contribution in [-0.2, 0) is 10.0 Å². The predicted octanol–water partition coefficient (Wildman–Crippen LogP) is 3.44. The lowest BCUT2D eigenvalue weighted by Crippen LogP contribution is -2.13. The topological polar surface area (TPSA) is 74.8 Å². The summed E-state index contributed by atoms with van der Waals surface area (Å²) < 4.78 is 65.0. The first kappa shape index (κ1) is 15.3. The second-order valence-electron chi connectivity index (χ2n) is 4.72. The third-order valence-corrected chi connectivity index (χ3v) is 4.44. The van der Waals surface area contributed by atoms with Gasteiger partial charge in [-0.15, -0.1) is 0 Å². The Bertz CT molecular complexity index is 970. The Balaban J connectivity index is 1.94. The Morgan fingerprint density at radius 2 is 1.91 bits per heavy atom. The van der Waals surface area contributed by atoms with E-state index in [9.17, 15) is 21.6 Å². The van der Waals surface area contributed by atoms with E-state index in [1.807, 2.05) is 0 Å². The average Bonchev–Trinajstić information content (AvgIpc) is 2.90. The maximum Gasteiger partial charge on any atom is 0.295 e. The van der Waals surface area contributed by atoms with E-state index in [1.165, 1.54) is 30.3 Å². The monoisotopic (exact) mass is 341 g/mol. The first-order chi connectivity index (χ1) is 10.8. The van der Waals surface area contributed by atoms with Gasteiger partial charge in [-0.3, -0.25) is 4.72 Å². The minimum atomic E-state index is -3.99. The molecule has 0 radical (unpaired) electrons. The third-order valence-electron chi connectivity index (χ3n) is 3.07. The van der Waals surface area contributed by atoms with Crippen LogP contribution in [0.3, 0.4) is 0 Å². The number of hydrogen-bond donors (Lipinski definition) is 2. The van der Waals surface area contributed by atoms with Crippen molar-refractivity contribution >= 4 is 26.7 Å². The molecule has 0 atom stereocenters. The number of halogens is 3. The molecule has 1 heterocycles. The number of aromatic amines is 1. The summed E-state index contributed by atoms with van der Waals surface area (Å²) in [5.41, 5.74) is 0.694. The number of rotatable bonds is 4. The molecule has 0 aliphatic carbocycles. The molecule has 0 saturated heterocycles. The number of anilines is 1. The van der Waals surface area contributed by atoms with Gasteiger partial charge in [0.2, 0.25) is 0 Å². The van der Waals surface area contributed by atoms with E-state index >= 15 is 0 Å². The van der Waals surface area contributed by atoms with Gasteiger partial charge in [0.25, 0.3) is 16.4 Å². The van der Waals surface area contributed by atoms with E-state index < -0.39 is 28.1 Å². The van der Waals surface area contributed by atoms with Gasteiger partial charge in [0.1, 0.15) is 5.82 Å². The zero-order chi connectivity index (χ0) is 16.6. The molecule has 120 valence electrons. The summed E-state index contributed by atoms with van der Waals surface area (Å²) in [6.45, 7) is 0. The summed E-state index contributed by atoms with van der Waals surface area (Å²) in [7, 11) is -3.99. The highest BCUT2D eigenvalue weighted by molar-refractivity contribution is 7.92. The Labute approximate surface area is 129 Å². The molecule has 0 aliphatic heterocycles. The predicted molar refractivity (Wildman–Crippen MR) is 78.3 cm³/mol. The van der Waals surface area contributed by atoms with E-state index in [0.29, 0.717) is 0 Å². The van der Waals surface area contributed by atoms with E-state index in [4.69, 9.17) is 0 Å². The van der Waals surface area contributed by atoms with Crippen LogP contribution in [0.2, 0.25) is 0 Å². The van der Waals surface area contributed by atoms with Gasteiger partial charge in [0.05, 0.1) is 21.6 Å². The molecule has 0 fully saturated rings. The van der Waals surface area contributed by atoms with Crippen molar-refractivity contribution < 1.29 is 21.6 Å². The van der Waals surface area contributed by atoms with Crippen LogP contribution in [-0.4, -0.2) is 18.4 Å². The second-order valence-corrected chi connectivity index (χ2v) is 6.40. The van der Waals surface area contributed by atoms with Gasteiger partial charge in [-0.2, -0.15) is 0 Å². The summed E-state index contributed by atoms with van der Waals surface area (Å²) >= 11 is 0. The summed E-state index contributed by atoms with van der Waals surface area (Å²) in [4.78, 5) is 5.86. The molecule has 3 aromatic rings. The van der Waals surface area contributed by atoms with Crippen LogP contribution >= 0.6 is 0 Å². The van der Waals surface area contributed by atoms with Crippen LogP contribution < -0.4 is 4.72 Å². The minimum Gasteiger partial charge on any atom is -0.337 e. The minimum absolute atomic E-state index is 0.145. The summed E-state index contributed by atoms with van der Waals surface area (Å²) in [6.07, 6.45) is -2.75. The second kappa shape index (κ2) is 5.58. The molecule has 1 aromatic heterocycles. The highest BCUT2D eigenvalue weighted by atomic mass is 32.2. The Kier molecular flexibility index (Phi) is 3.72. The zero-order valence-corrected chi connectivity index (χ0v) is 12.2. The summed E-state index contributed by atoms with van der Waals surface area (Å²) in [5.74, 6) is -1.18.